The molecule has 6 nitrogen and oxygen atoms in total. The number of carboxylic acids is 1. The number of nitrogens with zero attached hydrogens (tertiary/aromatic N) is 2. The SMILES string of the molecule is Cc1cc(C(=O)NC(C(=O)O)c2cnn(C)c2)ccc1Br. The molecular weight excluding hydrogens is 338 g/mol. The molecule has 0 radical (unpaired) electrons. The lowest BCUT2D eigenvalue weighted by molar-refractivity contribution is -0.139. The minimum absolute atomic E-state index is 0.408. The Morgan fingerprint density at radius 2 is 2.14 bits per heavy atom. The summed E-state index contributed by atoms with van der Waals surface area (Å²) in [7, 11) is 1.68. The average Bonchev–Trinajstić information content (AvgIpc) is 2.84. The third-order valence-electron chi connectivity index (χ3n) is 3.00. The van der Waals surface area contributed by atoms with Gasteiger partial charge < -0.3 is 10.4 Å². The van der Waals surface area contributed by atoms with E-state index in [1.807, 2.05) is 6.92 Å². The summed E-state index contributed by atoms with van der Waals surface area (Å²) in [5.41, 5.74) is 1.73. The van der Waals surface area contributed by atoms with Crippen LogP contribution in [0.1, 0.15) is 27.5 Å². The predicted molar refractivity (Wildman–Crippen MR) is 79.9 cm³/mol. The van der Waals surface area contributed by atoms with Crippen LogP contribution in [0, 0.1) is 6.92 Å². The predicted octanol–water partition coefficient (Wildman–Crippen LogP) is 2.05. The Kier molecular flexibility index (Phi) is 4.42. The Bertz CT molecular complexity index is 697. The second kappa shape index (κ2) is 6.09. The van der Waals surface area contributed by atoms with Crippen molar-refractivity contribution in [1.29, 1.82) is 0 Å². The van der Waals surface area contributed by atoms with Crippen molar-refractivity contribution in [3.05, 3.63) is 51.8 Å². The van der Waals surface area contributed by atoms with Gasteiger partial charge in [-0.3, -0.25) is 9.48 Å². The van der Waals surface area contributed by atoms with Crippen molar-refractivity contribution in [2.24, 2.45) is 7.05 Å². The number of amides is 1. The number of aromatic nitrogens is 2. The first-order valence-corrected chi connectivity index (χ1v) is 6.96. The van der Waals surface area contributed by atoms with Crippen LogP contribution in [0.25, 0.3) is 0 Å². The van der Waals surface area contributed by atoms with Crippen LogP contribution in [0.5, 0.6) is 0 Å². The van der Waals surface area contributed by atoms with Gasteiger partial charge in [-0.25, -0.2) is 4.79 Å². The van der Waals surface area contributed by atoms with E-state index in [1.54, 1.807) is 31.4 Å². The van der Waals surface area contributed by atoms with Gasteiger partial charge in [0.25, 0.3) is 5.91 Å². The number of aryl methyl sites for hydroxylation is 2. The molecule has 0 aliphatic rings. The van der Waals surface area contributed by atoms with E-state index < -0.39 is 17.9 Å². The first-order chi connectivity index (χ1) is 9.88. The highest BCUT2D eigenvalue weighted by molar-refractivity contribution is 9.10. The zero-order valence-electron chi connectivity index (χ0n) is 11.5. The molecule has 2 rings (SSSR count). The van der Waals surface area contributed by atoms with Crippen molar-refractivity contribution in [2.75, 3.05) is 0 Å². The molecule has 7 heteroatoms. The molecule has 1 atom stereocenters. The standard InChI is InChI=1S/C14H14BrN3O3/c1-8-5-9(3-4-11(8)15)13(19)17-12(14(20)21)10-6-16-18(2)7-10/h3-7,12H,1-2H3,(H,17,19)(H,20,21). The molecule has 21 heavy (non-hydrogen) atoms. The van der Waals surface area contributed by atoms with Crippen LogP contribution in [0.4, 0.5) is 0 Å². The van der Waals surface area contributed by atoms with E-state index in [1.165, 1.54) is 10.9 Å². The quantitative estimate of drug-likeness (QED) is 0.882. The molecule has 2 N–H and O–H groups in total. The number of aliphatic carboxylic acids is 1. The molecule has 110 valence electrons. The smallest absolute Gasteiger partial charge is 0.331 e. The highest BCUT2D eigenvalue weighted by atomic mass is 79.9. The molecule has 0 saturated heterocycles. The maximum atomic E-state index is 12.2. The normalized spacial score (nSPS) is 12.0. The van der Waals surface area contributed by atoms with Crippen molar-refractivity contribution in [3.8, 4) is 0 Å². The molecule has 0 aliphatic carbocycles. The number of rotatable bonds is 4. The van der Waals surface area contributed by atoms with E-state index in [9.17, 15) is 14.7 Å². The van der Waals surface area contributed by atoms with E-state index in [0.717, 1.165) is 10.0 Å². The molecule has 0 bridgehead atoms. The Labute approximate surface area is 129 Å². The lowest BCUT2D eigenvalue weighted by Crippen LogP contribution is -2.33. The van der Waals surface area contributed by atoms with Gasteiger partial charge in [-0.15, -0.1) is 0 Å². The zero-order chi connectivity index (χ0) is 15.6. The van der Waals surface area contributed by atoms with Crippen molar-refractivity contribution in [2.45, 2.75) is 13.0 Å². The molecule has 1 aromatic carbocycles. The van der Waals surface area contributed by atoms with Crippen molar-refractivity contribution in [3.63, 3.8) is 0 Å². The zero-order valence-corrected chi connectivity index (χ0v) is 13.1. The fraction of sp³-hybridized carbons (Fsp3) is 0.214. The van der Waals surface area contributed by atoms with Gasteiger partial charge in [-0.2, -0.15) is 5.10 Å². The third-order valence-corrected chi connectivity index (χ3v) is 3.89. The van der Waals surface area contributed by atoms with Crippen LogP contribution < -0.4 is 5.32 Å². The summed E-state index contributed by atoms with van der Waals surface area (Å²) >= 11 is 3.36. The molecule has 1 heterocycles. The summed E-state index contributed by atoms with van der Waals surface area (Å²) in [4.78, 5) is 23.5. The number of benzene rings is 1. The van der Waals surface area contributed by atoms with Crippen molar-refractivity contribution in [1.82, 2.24) is 15.1 Å². The fourth-order valence-electron chi connectivity index (χ4n) is 1.88. The molecular formula is C14H14BrN3O3. The van der Waals surface area contributed by atoms with Crippen LogP contribution in [0.15, 0.2) is 35.1 Å². The van der Waals surface area contributed by atoms with Crippen molar-refractivity contribution >= 4 is 27.8 Å². The highest BCUT2D eigenvalue weighted by Crippen LogP contribution is 2.18. The van der Waals surface area contributed by atoms with Gasteiger partial charge in [0.15, 0.2) is 6.04 Å². The molecule has 0 aliphatic heterocycles. The van der Waals surface area contributed by atoms with Gasteiger partial charge in [0.1, 0.15) is 0 Å². The molecule has 0 fully saturated rings. The topological polar surface area (TPSA) is 84.2 Å². The van der Waals surface area contributed by atoms with E-state index in [0.29, 0.717) is 11.1 Å². The van der Waals surface area contributed by atoms with Gasteiger partial charge in [-0.05, 0) is 30.7 Å². The molecule has 0 saturated carbocycles. The van der Waals surface area contributed by atoms with Crippen LogP contribution in [0.3, 0.4) is 0 Å². The second-order valence-corrected chi connectivity index (χ2v) is 5.51. The first kappa shape index (κ1) is 15.2. The van der Waals surface area contributed by atoms with E-state index in [-0.39, 0.29) is 0 Å². The largest absolute Gasteiger partial charge is 0.479 e. The molecule has 1 amide bonds. The van der Waals surface area contributed by atoms with Crippen LogP contribution in [-0.4, -0.2) is 26.8 Å². The van der Waals surface area contributed by atoms with Crippen LogP contribution >= 0.6 is 15.9 Å². The average molecular weight is 352 g/mol. The summed E-state index contributed by atoms with van der Waals surface area (Å²) in [6.07, 6.45) is 2.98. The number of hydrogen-bond donors (Lipinski definition) is 2. The summed E-state index contributed by atoms with van der Waals surface area (Å²) in [6, 6.07) is 3.95. The number of carbonyl (C=O) groups excluding carboxylic acids is 1. The van der Waals surface area contributed by atoms with Crippen molar-refractivity contribution < 1.29 is 14.7 Å². The molecule has 0 spiro atoms. The highest BCUT2D eigenvalue weighted by Gasteiger charge is 2.24. The van der Waals surface area contributed by atoms with Crippen LogP contribution in [0.2, 0.25) is 0 Å². The number of halogens is 1. The fourth-order valence-corrected chi connectivity index (χ4v) is 2.12. The summed E-state index contributed by atoms with van der Waals surface area (Å²) in [5, 5.41) is 15.7. The lowest BCUT2D eigenvalue weighted by atomic mass is 10.1. The number of nitrogens with one attached hydrogen (secondary N) is 1. The monoisotopic (exact) mass is 351 g/mol. The first-order valence-electron chi connectivity index (χ1n) is 6.17. The summed E-state index contributed by atoms with van der Waals surface area (Å²) in [5.74, 6) is -1.58. The van der Waals surface area contributed by atoms with E-state index in [2.05, 4.69) is 26.3 Å². The number of hydrogen-bond acceptors (Lipinski definition) is 3. The number of carbonyl (C=O) groups is 2. The Morgan fingerprint density at radius 3 is 2.67 bits per heavy atom. The Balaban J connectivity index is 2.22. The maximum Gasteiger partial charge on any atom is 0.331 e. The Hall–Kier alpha value is -2.15. The van der Waals surface area contributed by atoms with Gasteiger partial charge in [-0.1, -0.05) is 15.9 Å². The minimum atomic E-state index is -1.13. The van der Waals surface area contributed by atoms with Gasteiger partial charge in [0, 0.05) is 28.8 Å². The van der Waals surface area contributed by atoms with Gasteiger partial charge >= 0.3 is 5.97 Å². The third kappa shape index (κ3) is 3.49. The Morgan fingerprint density at radius 1 is 1.43 bits per heavy atom. The summed E-state index contributed by atoms with van der Waals surface area (Å²) < 4.78 is 2.38. The second-order valence-electron chi connectivity index (χ2n) is 4.66. The molecule has 1 unspecified atom stereocenters. The lowest BCUT2D eigenvalue weighted by Gasteiger charge is -2.13. The maximum absolute atomic E-state index is 12.2. The van der Waals surface area contributed by atoms with E-state index in [4.69, 9.17) is 0 Å². The number of carboxylic acid groups (broad SMARTS) is 1. The minimum Gasteiger partial charge on any atom is -0.479 e. The van der Waals surface area contributed by atoms with E-state index >= 15 is 0 Å². The molecule has 1 aromatic heterocycles. The van der Waals surface area contributed by atoms with Gasteiger partial charge in [0.2, 0.25) is 0 Å². The summed E-state index contributed by atoms with van der Waals surface area (Å²) in [6.45, 7) is 1.86. The van der Waals surface area contributed by atoms with Gasteiger partial charge in [0.05, 0.1) is 6.20 Å². The van der Waals surface area contributed by atoms with Crippen LogP contribution in [-0.2, 0) is 11.8 Å². The molecule has 2 aromatic rings.